The maximum atomic E-state index is 13.2. The van der Waals surface area contributed by atoms with Gasteiger partial charge in [0.25, 0.3) is 0 Å². The molecule has 2 rings (SSSR count). The average Bonchev–Trinajstić information content (AvgIpc) is 2.95. The first-order valence-electron chi connectivity index (χ1n) is 14.4. The van der Waals surface area contributed by atoms with Crippen LogP contribution in [-0.4, -0.2) is 47.7 Å². The van der Waals surface area contributed by atoms with Gasteiger partial charge in [0.05, 0.1) is 30.0 Å². The molecule has 0 bridgehead atoms. The lowest BCUT2D eigenvalue weighted by Crippen LogP contribution is -2.50. The van der Waals surface area contributed by atoms with Gasteiger partial charge in [-0.2, -0.15) is 0 Å². The summed E-state index contributed by atoms with van der Waals surface area (Å²) in [6, 6.07) is 19.0. The molecule has 3 atom stereocenters. The number of nitrogens with one attached hydrogen (secondary N) is 2. The molecule has 0 radical (unpaired) electrons. The van der Waals surface area contributed by atoms with E-state index in [1.807, 2.05) is 66.7 Å². The van der Waals surface area contributed by atoms with Gasteiger partial charge in [0.15, 0.2) is 0 Å². The summed E-state index contributed by atoms with van der Waals surface area (Å²) in [5.74, 6) is -1.89. The number of aliphatic hydroxyl groups excluding tert-OH is 1. The number of ether oxygens (including phenoxy) is 1. The summed E-state index contributed by atoms with van der Waals surface area (Å²) in [5.41, 5.74) is 1.22. The normalized spacial score (nSPS) is 13.3. The standard InChI is InChI=1S/C34H46N2O5/c1-5-7-10-20-29(21-26-16-11-8-12-17-26)33(40)41-25-34(3,4)36-32(39)28(15-6-2)23-31(38)35-30(24-37)22-27-18-13-9-14-19-27/h5-6,8-9,11-14,16-19,28-30,37H,1-2,7,10,15,20-25H2,3-4H3,(H,35,38)(H,36,39)/t28-,29-,30+/m1/s1. The van der Waals surface area contributed by atoms with Crippen LogP contribution in [0.1, 0.15) is 57.1 Å². The Balaban J connectivity index is 1.94. The van der Waals surface area contributed by atoms with Gasteiger partial charge in [-0.1, -0.05) is 72.8 Å². The smallest absolute Gasteiger partial charge is 0.309 e. The molecule has 0 heterocycles. The van der Waals surface area contributed by atoms with Gasteiger partial charge in [0.1, 0.15) is 6.61 Å². The number of hydrogen-bond donors (Lipinski definition) is 3. The molecule has 0 saturated carbocycles. The minimum Gasteiger partial charge on any atom is -0.463 e. The molecule has 41 heavy (non-hydrogen) atoms. The van der Waals surface area contributed by atoms with Gasteiger partial charge in [0, 0.05) is 6.42 Å². The minimum absolute atomic E-state index is 0.000981. The number of unbranched alkanes of at least 4 members (excludes halogenated alkanes) is 1. The molecule has 0 saturated heterocycles. The van der Waals surface area contributed by atoms with Gasteiger partial charge >= 0.3 is 5.97 Å². The van der Waals surface area contributed by atoms with Gasteiger partial charge in [-0.05, 0) is 63.5 Å². The van der Waals surface area contributed by atoms with E-state index in [-0.39, 0.29) is 43.3 Å². The van der Waals surface area contributed by atoms with E-state index in [0.717, 1.165) is 24.0 Å². The van der Waals surface area contributed by atoms with Crippen LogP contribution in [0.15, 0.2) is 86.0 Å². The molecule has 2 aromatic rings. The van der Waals surface area contributed by atoms with Crippen LogP contribution in [0.3, 0.4) is 0 Å². The molecule has 0 aliphatic carbocycles. The van der Waals surface area contributed by atoms with Gasteiger partial charge in [-0.3, -0.25) is 14.4 Å². The van der Waals surface area contributed by atoms with Crippen LogP contribution in [-0.2, 0) is 32.0 Å². The first kappa shape index (κ1) is 33.5. The van der Waals surface area contributed by atoms with Crippen molar-refractivity contribution in [2.45, 2.75) is 70.4 Å². The van der Waals surface area contributed by atoms with Crippen molar-refractivity contribution in [3.05, 3.63) is 97.1 Å². The predicted octanol–water partition coefficient (Wildman–Crippen LogP) is 4.94. The number of hydrogen-bond acceptors (Lipinski definition) is 5. The van der Waals surface area contributed by atoms with Crippen LogP contribution in [0.5, 0.6) is 0 Å². The van der Waals surface area contributed by atoms with E-state index < -0.39 is 17.5 Å². The van der Waals surface area contributed by atoms with Crippen LogP contribution in [0.4, 0.5) is 0 Å². The molecule has 7 nitrogen and oxygen atoms in total. The Kier molecular flexibility index (Phi) is 14.6. The van der Waals surface area contributed by atoms with E-state index in [4.69, 9.17) is 4.74 Å². The largest absolute Gasteiger partial charge is 0.463 e. The number of rotatable bonds is 19. The van der Waals surface area contributed by atoms with Crippen molar-refractivity contribution in [1.82, 2.24) is 10.6 Å². The zero-order chi connectivity index (χ0) is 30.1. The van der Waals surface area contributed by atoms with Crippen molar-refractivity contribution in [1.29, 1.82) is 0 Å². The fourth-order valence-corrected chi connectivity index (χ4v) is 4.61. The molecule has 0 aliphatic heterocycles. The number of amides is 2. The zero-order valence-corrected chi connectivity index (χ0v) is 24.5. The van der Waals surface area contributed by atoms with Gasteiger partial charge < -0.3 is 20.5 Å². The van der Waals surface area contributed by atoms with E-state index >= 15 is 0 Å². The van der Waals surface area contributed by atoms with Crippen LogP contribution in [0, 0.1) is 11.8 Å². The highest BCUT2D eigenvalue weighted by atomic mass is 16.5. The second-order valence-corrected chi connectivity index (χ2v) is 11.1. The number of benzene rings is 2. The number of esters is 1. The third-order valence-corrected chi connectivity index (χ3v) is 6.82. The highest BCUT2D eigenvalue weighted by Crippen LogP contribution is 2.19. The fourth-order valence-electron chi connectivity index (χ4n) is 4.61. The molecule has 0 unspecified atom stereocenters. The van der Waals surface area contributed by atoms with Gasteiger partial charge in [-0.25, -0.2) is 0 Å². The van der Waals surface area contributed by atoms with Gasteiger partial charge in [-0.15, -0.1) is 13.2 Å². The molecule has 222 valence electrons. The summed E-state index contributed by atoms with van der Waals surface area (Å²) < 4.78 is 5.71. The van der Waals surface area contributed by atoms with Crippen molar-refractivity contribution in [3.8, 4) is 0 Å². The topological polar surface area (TPSA) is 105 Å². The molecule has 0 aromatic heterocycles. The minimum atomic E-state index is -0.845. The molecule has 0 fully saturated rings. The maximum absolute atomic E-state index is 13.2. The first-order valence-corrected chi connectivity index (χ1v) is 14.4. The van der Waals surface area contributed by atoms with Crippen molar-refractivity contribution in [3.63, 3.8) is 0 Å². The van der Waals surface area contributed by atoms with E-state index in [9.17, 15) is 19.5 Å². The predicted molar refractivity (Wildman–Crippen MR) is 163 cm³/mol. The third-order valence-electron chi connectivity index (χ3n) is 6.82. The van der Waals surface area contributed by atoms with Crippen LogP contribution in [0.25, 0.3) is 0 Å². The van der Waals surface area contributed by atoms with Crippen LogP contribution in [0.2, 0.25) is 0 Å². The van der Waals surface area contributed by atoms with E-state index in [2.05, 4.69) is 23.8 Å². The summed E-state index contributed by atoms with van der Waals surface area (Å²) in [6.07, 6.45) is 7.11. The third kappa shape index (κ3) is 13.0. The monoisotopic (exact) mass is 562 g/mol. The molecule has 2 aromatic carbocycles. The highest BCUT2D eigenvalue weighted by Gasteiger charge is 2.30. The Bertz CT molecular complexity index is 1100. The average molecular weight is 563 g/mol. The molecule has 3 N–H and O–H groups in total. The summed E-state index contributed by atoms with van der Waals surface area (Å²) in [4.78, 5) is 39.1. The lowest BCUT2D eigenvalue weighted by molar-refractivity contribution is -0.151. The van der Waals surface area contributed by atoms with E-state index in [1.165, 1.54) is 0 Å². The van der Waals surface area contributed by atoms with Crippen LogP contribution < -0.4 is 10.6 Å². The summed E-state index contributed by atoms with van der Waals surface area (Å²) in [5, 5.41) is 15.5. The fraction of sp³-hybridized carbons (Fsp3) is 0.441. The lowest BCUT2D eigenvalue weighted by Gasteiger charge is -2.29. The van der Waals surface area contributed by atoms with E-state index in [1.54, 1.807) is 19.9 Å². The van der Waals surface area contributed by atoms with Crippen molar-refractivity contribution < 1.29 is 24.2 Å². The second-order valence-electron chi connectivity index (χ2n) is 11.1. The Labute approximate surface area is 245 Å². The Morgan fingerprint density at radius 2 is 1.54 bits per heavy atom. The quantitative estimate of drug-likeness (QED) is 0.128. The number of aliphatic hydroxyl groups is 1. The van der Waals surface area contributed by atoms with Crippen LogP contribution >= 0.6 is 0 Å². The maximum Gasteiger partial charge on any atom is 0.309 e. The first-order chi connectivity index (χ1) is 19.7. The Hall–Kier alpha value is -3.71. The second kappa shape index (κ2) is 17.9. The summed E-state index contributed by atoms with van der Waals surface area (Å²) in [6.45, 7) is 10.9. The number of carbonyl (C=O) groups is 3. The van der Waals surface area contributed by atoms with Gasteiger partial charge in [0.2, 0.25) is 11.8 Å². The molecule has 7 heteroatoms. The molecular weight excluding hydrogens is 516 g/mol. The molecule has 0 spiro atoms. The van der Waals surface area contributed by atoms with Crippen molar-refractivity contribution >= 4 is 17.8 Å². The molecule has 0 aliphatic rings. The molecular formula is C34H46N2O5. The summed E-state index contributed by atoms with van der Waals surface area (Å²) in [7, 11) is 0. The lowest BCUT2D eigenvalue weighted by atomic mass is 9.94. The SMILES string of the molecule is C=CCCC[C@H](Cc1ccccc1)C(=O)OCC(C)(C)NC(=O)[C@H](CC=C)CC(=O)N[C@H](CO)Cc1ccccc1. The zero-order valence-electron chi connectivity index (χ0n) is 24.5. The highest BCUT2D eigenvalue weighted by molar-refractivity contribution is 5.86. The number of allylic oxidation sites excluding steroid dienone is 2. The number of carbonyl (C=O) groups excluding carboxylic acids is 3. The van der Waals surface area contributed by atoms with Crippen molar-refractivity contribution in [2.24, 2.45) is 11.8 Å². The Morgan fingerprint density at radius 1 is 0.927 bits per heavy atom. The van der Waals surface area contributed by atoms with Crippen molar-refractivity contribution in [2.75, 3.05) is 13.2 Å². The molecule has 2 amide bonds. The Morgan fingerprint density at radius 3 is 2.10 bits per heavy atom. The summed E-state index contributed by atoms with van der Waals surface area (Å²) >= 11 is 0. The van der Waals surface area contributed by atoms with E-state index in [0.29, 0.717) is 25.7 Å².